The van der Waals surface area contributed by atoms with Crippen LogP contribution in [0.4, 0.5) is 0 Å². The summed E-state index contributed by atoms with van der Waals surface area (Å²) in [5.41, 5.74) is 0. The van der Waals surface area contributed by atoms with Gasteiger partial charge in [-0.2, -0.15) is 0 Å². The fourth-order valence-corrected chi connectivity index (χ4v) is 7.51. The molecule has 0 heterocycles. The normalized spacial score (nSPS) is 22.3. The van der Waals surface area contributed by atoms with Crippen molar-refractivity contribution < 1.29 is 0 Å². The van der Waals surface area contributed by atoms with Crippen molar-refractivity contribution >= 4 is 14.8 Å². The molecule has 0 spiro atoms. The van der Waals surface area contributed by atoms with Crippen LogP contribution in [0.25, 0.3) is 0 Å². The molecule has 2 rings (SSSR count). The minimum Gasteiger partial charge on any atom is -0.114 e. The summed E-state index contributed by atoms with van der Waals surface area (Å²) in [6.07, 6.45) is 21.9. The first-order valence-electron chi connectivity index (χ1n) is 10.7. The molecular weight excluding hydrogens is 291 g/mol. The lowest BCUT2D eigenvalue weighted by Gasteiger charge is -2.41. The quantitative estimate of drug-likeness (QED) is 0.331. The maximum Gasteiger partial charge on any atom is 0.171 e. The molecule has 0 nitrogen and oxygen atoms in total. The largest absolute Gasteiger partial charge is 0.171 e. The number of hydrogen-bond acceptors (Lipinski definition) is 0. The van der Waals surface area contributed by atoms with Crippen molar-refractivity contribution in [2.24, 2.45) is 0 Å². The topological polar surface area (TPSA) is 0 Å². The summed E-state index contributed by atoms with van der Waals surface area (Å²) in [6, 6.07) is 0. The van der Waals surface area contributed by atoms with Gasteiger partial charge in [-0.1, -0.05) is 121 Å². The second-order valence-corrected chi connectivity index (χ2v) is 14.5. The summed E-state index contributed by atoms with van der Waals surface area (Å²) in [4.78, 5) is 0. The molecule has 0 aromatic heterocycles. The minimum absolute atomic E-state index is 0.958. The van der Waals surface area contributed by atoms with Gasteiger partial charge in [-0.15, -0.1) is 5.10 Å². The van der Waals surface area contributed by atoms with Gasteiger partial charge in [0, 0.05) is 0 Å². The summed E-state index contributed by atoms with van der Waals surface area (Å²) in [7, 11) is -1.21. The molecule has 0 aromatic rings. The van der Waals surface area contributed by atoms with Crippen LogP contribution < -0.4 is 0 Å². The van der Waals surface area contributed by atoms with E-state index in [-0.39, 0.29) is 0 Å². The zero-order valence-electron chi connectivity index (χ0n) is 16.5. The van der Waals surface area contributed by atoms with E-state index in [2.05, 4.69) is 32.6 Å². The predicted molar refractivity (Wildman–Crippen MR) is 110 cm³/mol. The Morgan fingerprint density at radius 2 is 1.35 bits per heavy atom. The molecule has 0 unspecified atom stereocenters. The molecule has 0 aromatic carbocycles. The highest BCUT2D eigenvalue weighted by Crippen LogP contribution is 2.45. The average molecular weight is 332 g/mol. The second-order valence-electron chi connectivity index (χ2n) is 9.37. The zero-order valence-corrected chi connectivity index (χ0v) is 17.5. The number of hydrogen-bond donors (Lipinski definition) is 0. The number of rotatable bonds is 7. The summed E-state index contributed by atoms with van der Waals surface area (Å²) >= 11 is 0. The minimum atomic E-state index is -1.21. The molecule has 23 heavy (non-hydrogen) atoms. The second kappa shape index (κ2) is 9.49. The first-order valence-corrected chi connectivity index (χ1v) is 14.2. The van der Waals surface area contributed by atoms with Crippen LogP contribution in [-0.4, -0.2) is 14.8 Å². The van der Waals surface area contributed by atoms with E-state index in [1.165, 1.54) is 83.5 Å². The van der Waals surface area contributed by atoms with Crippen molar-refractivity contribution in [3.05, 3.63) is 11.2 Å². The summed E-state index contributed by atoms with van der Waals surface area (Å²) in [6.45, 7) is 11.1. The molecule has 2 fully saturated rings. The highest BCUT2D eigenvalue weighted by Gasteiger charge is 2.40. The third-order valence-corrected chi connectivity index (χ3v) is 8.73. The monoisotopic (exact) mass is 332 g/mol. The lowest BCUT2D eigenvalue weighted by Crippen LogP contribution is -2.42. The summed E-state index contributed by atoms with van der Waals surface area (Å²) < 4.78 is 0. The van der Waals surface area contributed by atoms with Crippen LogP contribution in [0.3, 0.4) is 0 Å². The number of unbranched alkanes of at least 4 members (excludes halogenated alkanes) is 2. The molecular formula is C21H41BSi. The molecule has 0 N–H and O–H groups in total. The van der Waals surface area contributed by atoms with Crippen molar-refractivity contribution in [2.75, 3.05) is 0 Å². The Labute approximate surface area is 148 Å². The van der Waals surface area contributed by atoms with E-state index in [9.17, 15) is 0 Å². The first kappa shape index (κ1) is 19.3. The fourth-order valence-electron chi connectivity index (χ4n) is 5.28. The van der Waals surface area contributed by atoms with Gasteiger partial charge in [0.05, 0.1) is 8.07 Å². The van der Waals surface area contributed by atoms with Crippen LogP contribution in [0.1, 0.15) is 90.4 Å². The lowest BCUT2D eigenvalue weighted by atomic mass is 9.30. The van der Waals surface area contributed by atoms with Gasteiger partial charge in [0.1, 0.15) is 0 Å². The Morgan fingerprint density at radius 3 is 1.74 bits per heavy atom. The van der Waals surface area contributed by atoms with Crippen LogP contribution in [0.5, 0.6) is 0 Å². The van der Waals surface area contributed by atoms with Gasteiger partial charge >= 0.3 is 0 Å². The van der Waals surface area contributed by atoms with Crippen molar-refractivity contribution in [2.45, 2.75) is 122 Å². The van der Waals surface area contributed by atoms with E-state index in [0.29, 0.717) is 0 Å². The molecule has 2 aliphatic carbocycles. The molecule has 0 amide bonds. The van der Waals surface area contributed by atoms with Crippen LogP contribution in [-0.2, 0) is 0 Å². The van der Waals surface area contributed by atoms with Crippen molar-refractivity contribution in [1.29, 1.82) is 0 Å². The molecule has 2 heteroatoms. The van der Waals surface area contributed by atoms with Crippen LogP contribution >= 0.6 is 0 Å². The summed E-state index contributed by atoms with van der Waals surface area (Å²) in [5, 5.41) is 1.98. The van der Waals surface area contributed by atoms with Crippen LogP contribution in [0.2, 0.25) is 31.3 Å². The van der Waals surface area contributed by atoms with E-state index >= 15 is 0 Å². The maximum atomic E-state index is 2.75. The Bertz CT molecular complexity index is 339. The smallest absolute Gasteiger partial charge is 0.114 e. The van der Waals surface area contributed by atoms with E-state index in [4.69, 9.17) is 0 Å². The highest BCUT2D eigenvalue weighted by atomic mass is 28.3. The van der Waals surface area contributed by atoms with E-state index in [1.807, 2.05) is 5.10 Å². The Morgan fingerprint density at radius 1 is 0.870 bits per heavy atom. The predicted octanol–water partition coefficient (Wildman–Crippen LogP) is 7.68. The lowest BCUT2D eigenvalue weighted by molar-refractivity contribution is 0.464. The van der Waals surface area contributed by atoms with Gasteiger partial charge in [-0.3, -0.25) is 0 Å². The molecule has 0 aliphatic heterocycles. The Hall–Kier alpha value is 0.0218. The average Bonchev–Trinajstić information content (AvgIpc) is 2.55. The number of allylic oxidation sites excluding steroid dienone is 1. The molecule has 0 radical (unpaired) electrons. The molecule has 2 aliphatic rings. The van der Waals surface area contributed by atoms with Crippen molar-refractivity contribution in [3.8, 4) is 0 Å². The van der Waals surface area contributed by atoms with E-state index in [1.54, 1.807) is 0 Å². The highest BCUT2D eigenvalue weighted by molar-refractivity contribution is 6.99. The summed E-state index contributed by atoms with van der Waals surface area (Å²) in [5.74, 6) is 2.04. The Kier molecular flexibility index (Phi) is 7.98. The standard InChI is InChI=1S/C21H41BSi/c1-5-6-9-18-21(23(2,3)4)22(19-14-10-7-11-15-19)20-16-12-8-13-17-20/h18-20H,5-17H2,1-4H3/b21-18-. The van der Waals surface area contributed by atoms with Crippen molar-refractivity contribution in [1.82, 2.24) is 0 Å². The molecule has 132 valence electrons. The zero-order chi connectivity index (χ0) is 16.7. The van der Waals surface area contributed by atoms with Gasteiger partial charge in [-0.05, 0) is 6.42 Å². The maximum absolute atomic E-state index is 2.75. The third-order valence-electron chi connectivity index (χ3n) is 6.46. The van der Waals surface area contributed by atoms with Crippen LogP contribution in [0.15, 0.2) is 11.2 Å². The first-order chi connectivity index (χ1) is 11.0. The SMILES string of the molecule is CCCC/C=C(/B(C1CCCCC1)C1CCCCC1)[Si](C)(C)C. The molecule has 0 saturated heterocycles. The molecule has 2 saturated carbocycles. The van der Waals surface area contributed by atoms with Gasteiger partial charge in [0.15, 0.2) is 6.71 Å². The van der Waals surface area contributed by atoms with E-state index < -0.39 is 8.07 Å². The van der Waals surface area contributed by atoms with Gasteiger partial charge in [0.2, 0.25) is 0 Å². The molecule has 0 atom stereocenters. The van der Waals surface area contributed by atoms with Gasteiger partial charge in [-0.25, -0.2) is 0 Å². The van der Waals surface area contributed by atoms with Crippen molar-refractivity contribution in [3.63, 3.8) is 0 Å². The van der Waals surface area contributed by atoms with E-state index in [0.717, 1.165) is 18.3 Å². The Balaban J connectivity index is 2.24. The van der Waals surface area contributed by atoms with Gasteiger partial charge < -0.3 is 0 Å². The third kappa shape index (κ3) is 5.80. The van der Waals surface area contributed by atoms with Crippen LogP contribution in [0, 0.1) is 0 Å². The van der Waals surface area contributed by atoms with Gasteiger partial charge in [0.25, 0.3) is 0 Å². The fraction of sp³-hybridized carbons (Fsp3) is 0.905. The molecule has 0 bridgehead atoms.